The van der Waals surface area contributed by atoms with Gasteiger partial charge in [-0.2, -0.15) is 0 Å². The Kier molecular flexibility index (Phi) is 3.77. The van der Waals surface area contributed by atoms with Gasteiger partial charge in [0.2, 0.25) is 0 Å². The molecule has 0 bridgehead atoms. The second-order valence-corrected chi connectivity index (χ2v) is 2.99. The lowest BCUT2D eigenvalue weighted by Crippen LogP contribution is -2.12. The van der Waals surface area contributed by atoms with Gasteiger partial charge in [0.05, 0.1) is 5.88 Å². The SMILES string of the molecule is Cc1ccccc1OCC(=O)CCl. The highest BCUT2D eigenvalue weighted by Crippen LogP contribution is 2.15. The largest absolute Gasteiger partial charge is 0.486 e. The monoisotopic (exact) mass is 198 g/mol. The third kappa shape index (κ3) is 3.07. The van der Waals surface area contributed by atoms with Gasteiger partial charge in [0.1, 0.15) is 12.4 Å². The predicted molar refractivity (Wildman–Crippen MR) is 52.4 cm³/mol. The van der Waals surface area contributed by atoms with E-state index in [9.17, 15) is 4.79 Å². The van der Waals surface area contributed by atoms with E-state index in [2.05, 4.69) is 0 Å². The first-order valence-electron chi connectivity index (χ1n) is 4.00. The Hall–Kier alpha value is -1.02. The Morgan fingerprint density at radius 1 is 1.46 bits per heavy atom. The van der Waals surface area contributed by atoms with Gasteiger partial charge in [-0.15, -0.1) is 11.6 Å². The van der Waals surface area contributed by atoms with Gasteiger partial charge in [0.15, 0.2) is 5.78 Å². The average Bonchev–Trinajstić information content (AvgIpc) is 2.16. The van der Waals surface area contributed by atoms with Crippen molar-refractivity contribution in [2.24, 2.45) is 0 Å². The van der Waals surface area contributed by atoms with Gasteiger partial charge in [-0.05, 0) is 18.6 Å². The van der Waals surface area contributed by atoms with Crippen molar-refractivity contribution in [1.82, 2.24) is 0 Å². The number of ether oxygens (including phenoxy) is 1. The van der Waals surface area contributed by atoms with Crippen LogP contribution in [0.15, 0.2) is 24.3 Å². The Labute approximate surface area is 82.5 Å². The number of aryl methyl sites for hydroxylation is 1. The van der Waals surface area contributed by atoms with Crippen molar-refractivity contribution in [3.63, 3.8) is 0 Å². The third-order valence-corrected chi connectivity index (χ3v) is 1.93. The zero-order chi connectivity index (χ0) is 9.68. The van der Waals surface area contributed by atoms with Gasteiger partial charge < -0.3 is 4.74 Å². The molecule has 0 fully saturated rings. The lowest BCUT2D eigenvalue weighted by atomic mass is 10.2. The minimum atomic E-state index is -0.107. The lowest BCUT2D eigenvalue weighted by Gasteiger charge is -2.06. The Bertz CT molecular complexity index is 297. The number of hydrogen-bond donors (Lipinski definition) is 0. The molecule has 0 unspecified atom stereocenters. The molecule has 0 atom stereocenters. The molecular weight excluding hydrogens is 188 g/mol. The van der Waals surface area contributed by atoms with Crippen LogP contribution >= 0.6 is 11.6 Å². The number of benzene rings is 1. The van der Waals surface area contributed by atoms with Crippen molar-refractivity contribution >= 4 is 17.4 Å². The molecule has 0 spiro atoms. The summed E-state index contributed by atoms with van der Waals surface area (Å²) in [6, 6.07) is 7.55. The fourth-order valence-corrected chi connectivity index (χ4v) is 0.992. The molecule has 0 aromatic heterocycles. The summed E-state index contributed by atoms with van der Waals surface area (Å²) in [4.78, 5) is 10.8. The van der Waals surface area contributed by atoms with E-state index in [4.69, 9.17) is 16.3 Å². The summed E-state index contributed by atoms with van der Waals surface area (Å²) in [7, 11) is 0. The minimum Gasteiger partial charge on any atom is -0.486 e. The van der Waals surface area contributed by atoms with E-state index in [0.717, 1.165) is 11.3 Å². The number of Topliss-reactive ketones (excluding diaryl/α,β-unsaturated/α-hetero) is 1. The highest BCUT2D eigenvalue weighted by atomic mass is 35.5. The molecule has 0 N–H and O–H groups in total. The van der Waals surface area contributed by atoms with Crippen molar-refractivity contribution in [3.05, 3.63) is 29.8 Å². The molecule has 0 amide bonds. The predicted octanol–water partition coefficient (Wildman–Crippen LogP) is 2.18. The molecule has 0 aliphatic carbocycles. The summed E-state index contributed by atoms with van der Waals surface area (Å²) in [6.45, 7) is 1.98. The summed E-state index contributed by atoms with van der Waals surface area (Å²) >= 11 is 5.33. The zero-order valence-electron chi connectivity index (χ0n) is 7.42. The average molecular weight is 199 g/mol. The van der Waals surface area contributed by atoms with Crippen LogP contribution < -0.4 is 4.74 Å². The van der Waals surface area contributed by atoms with Crippen molar-refractivity contribution in [1.29, 1.82) is 0 Å². The number of rotatable bonds is 4. The molecule has 1 aromatic carbocycles. The molecule has 1 rings (SSSR count). The number of halogens is 1. The molecule has 0 aliphatic rings. The van der Waals surface area contributed by atoms with Crippen molar-refractivity contribution in [3.8, 4) is 5.75 Å². The molecule has 0 saturated carbocycles. The number of alkyl halides is 1. The molecule has 0 saturated heterocycles. The van der Waals surface area contributed by atoms with Gasteiger partial charge in [0.25, 0.3) is 0 Å². The topological polar surface area (TPSA) is 26.3 Å². The number of carbonyl (C=O) groups is 1. The van der Waals surface area contributed by atoms with E-state index in [1.807, 2.05) is 31.2 Å². The molecule has 2 nitrogen and oxygen atoms in total. The number of carbonyl (C=O) groups excluding carboxylic acids is 1. The van der Waals surface area contributed by atoms with E-state index in [1.54, 1.807) is 0 Å². The smallest absolute Gasteiger partial charge is 0.184 e. The first kappa shape index (κ1) is 10.1. The second-order valence-electron chi connectivity index (χ2n) is 2.73. The van der Waals surface area contributed by atoms with Crippen LogP contribution in [0.5, 0.6) is 5.75 Å². The highest BCUT2D eigenvalue weighted by Gasteiger charge is 2.02. The van der Waals surface area contributed by atoms with Gasteiger partial charge in [-0.3, -0.25) is 4.79 Å². The maximum absolute atomic E-state index is 10.8. The Morgan fingerprint density at radius 3 is 2.77 bits per heavy atom. The fourth-order valence-electron chi connectivity index (χ4n) is 0.915. The van der Waals surface area contributed by atoms with Crippen LogP contribution in [-0.4, -0.2) is 18.3 Å². The van der Waals surface area contributed by atoms with E-state index >= 15 is 0 Å². The molecule has 0 aliphatic heterocycles. The quantitative estimate of drug-likeness (QED) is 0.694. The van der Waals surface area contributed by atoms with E-state index < -0.39 is 0 Å². The molecule has 3 heteroatoms. The van der Waals surface area contributed by atoms with Crippen molar-refractivity contribution in [2.75, 3.05) is 12.5 Å². The second kappa shape index (κ2) is 4.87. The first-order chi connectivity index (χ1) is 6.24. The summed E-state index contributed by atoms with van der Waals surface area (Å²) < 4.78 is 5.26. The summed E-state index contributed by atoms with van der Waals surface area (Å²) in [5, 5.41) is 0. The molecular formula is C10H11ClO2. The van der Waals surface area contributed by atoms with Crippen LogP contribution in [0.1, 0.15) is 5.56 Å². The van der Waals surface area contributed by atoms with Crippen molar-refractivity contribution in [2.45, 2.75) is 6.92 Å². The van der Waals surface area contributed by atoms with Gasteiger partial charge in [-0.1, -0.05) is 18.2 Å². The van der Waals surface area contributed by atoms with Crippen LogP contribution in [0.2, 0.25) is 0 Å². The van der Waals surface area contributed by atoms with Gasteiger partial charge in [0, 0.05) is 0 Å². The fraction of sp³-hybridized carbons (Fsp3) is 0.300. The zero-order valence-corrected chi connectivity index (χ0v) is 8.17. The van der Waals surface area contributed by atoms with Crippen LogP contribution in [0, 0.1) is 6.92 Å². The lowest BCUT2D eigenvalue weighted by molar-refractivity contribution is -0.118. The number of hydrogen-bond acceptors (Lipinski definition) is 2. The van der Waals surface area contributed by atoms with Crippen LogP contribution in [0.25, 0.3) is 0 Å². The number of ketones is 1. The molecule has 1 aromatic rings. The van der Waals surface area contributed by atoms with Crippen LogP contribution in [-0.2, 0) is 4.79 Å². The van der Waals surface area contributed by atoms with Crippen molar-refractivity contribution < 1.29 is 9.53 Å². The summed E-state index contributed by atoms with van der Waals surface area (Å²) in [5.41, 5.74) is 1.02. The van der Waals surface area contributed by atoms with E-state index in [-0.39, 0.29) is 18.3 Å². The maximum atomic E-state index is 10.8. The Morgan fingerprint density at radius 2 is 2.15 bits per heavy atom. The minimum absolute atomic E-state index is 0.00583. The van der Waals surface area contributed by atoms with Crippen LogP contribution in [0.4, 0.5) is 0 Å². The summed E-state index contributed by atoms with van der Waals surface area (Å²) in [5.74, 6) is 0.636. The van der Waals surface area contributed by atoms with E-state index in [0.29, 0.717) is 0 Å². The standard InChI is InChI=1S/C10H11ClO2/c1-8-4-2-3-5-10(8)13-7-9(12)6-11/h2-5H,6-7H2,1H3. The van der Waals surface area contributed by atoms with Gasteiger partial charge >= 0.3 is 0 Å². The maximum Gasteiger partial charge on any atom is 0.184 e. The molecule has 70 valence electrons. The normalized spacial score (nSPS) is 9.69. The van der Waals surface area contributed by atoms with Gasteiger partial charge in [-0.25, -0.2) is 0 Å². The Balaban J connectivity index is 2.54. The highest BCUT2D eigenvalue weighted by molar-refractivity contribution is 6.27. The first-order valence-corrected chi connectivity index (χ1v) is 4.53. The number of para-hydroxylation sites is 1. The third-order valence-electron chi connectivity index (χ3n) is 1.63. The van der Waals surface area contributed by atoms with Crippen LogP contribution in [0.3, 0.4) is 0 Å². The summed E-state index contributed by atoms with van der Waals surface area (Å²) in [6.07, 6.45) is 0. The van der Waals surface area contributed by atoms with E-state index in [1.165, 1.54) is 0 Å². The molecule has 13 heavy (non-hydrogen) atoms. The molecule has 0 radical (unpaired) electrons. The molecule has 0 heterocycles.